The molecule has 31 heavy (non-hydrogen) atoms. The van der Waals surface area contributed by atoms with E-state index in [4.69, 9.17) is 9.47 Å². The molecule has 6 heteroatoms. The molecule has 6 nitrogen and oxygen atoms in total. The van der Waals surface area contributed by atoms with Crippen LogP contribution in [0.5, 0.6) is 11.5 Å². The summed E-state index contributed by atoms with van der Waals surface area (Å²) in [5.74, 6) is 1.16. The van der Waals surface area contributed by atoms with Crippen LogP contribution in [0, 0.1) is 0 Å². The Hall–Kier alpha value is -3.02. The van der Waals surface area contributed by atoms with Crippen molar-refractivity contribution in [2.75, 3.05) is 32.1 Å². The maximum absolute atomic E-state index is 12.5. The lowest BCUT2D eigenvalue weighted by atomic mass is 9.87. The van der Waals surface area contributed by atoms with Crippen molar-refractivity contribution in [2.45, 2.75) is 46.0 Å². The van der Waals surface area contributed by atoms with Crippen LogP contribution >= 0.6 is 0 Å². The molecule has 0 bridgehead atoms. The molecule has 0 saturated carbocycles. The summed E-state index contributed by atoms with van der Waals surface area (Å²) in [6.45, 7) is 9.32. The molecule has 0 spiro atoms. The number of carbonyl (C=O) groups is 2. The zero-order chi connectivity index (χ0) is 22.9. The molecule has 0 radical (unpaired) electrons. The Kier molecular flexibility index (Phi) is 8.91. The summed E-state index contributed by atoms with van der Waals surface area (Å²) in [6.07, 6.45) is 0.925. The number of hydrogen-bond acceptors (Lipinski definition) is 4. The number of hydrogen-bond donors (Lipinski definition) is 1. The van der Waals surface area contributed by atoms with Crippen LogP contribution in [-0.4, -0.2) is 43.5 Å². The number of rotatable bonds is 10. The van der Waals surface area contributed by atoms with Gasteiger partial charge in [-0.3, -0.25) is 9.59 Å². The molecular weight excluding hydrogens is 392 g/mol. The Bertz CT molecular complexity index is 857. The number of benzene rings is 2. The van der Waals surface area contributed by atoms with Crippen molar-refractivity contribution in [3.8, 4) is 11.5 Å². The molecule has 0 aliphatic heterocycles. The fraction of sp³-hybridized carbons (Fsp3) is 0.440. The van der Waals surface area contributed by atoms with Crippen LogP contribution < -0.4 is 14.8 Å². The third-order valence-electron chi connectivity index (χ3n) is 4.95. The number of methoxy groups -OCH3 is 1. The highest BCUT2D eigenvalue weighted by atomic mass is 16.5. The van der Waals surface area contributed by atoms with Gasteiger partial charge >= 0.3 is 0 Å². The molecule has 0 atom stereocenters. The highest BCUT2D eigenvalue weighted by Gasteiger charge is 2.16. The summed E-state index contributed by atoms with van der Waals surface area (Å²) in [5, 5.41) is 2.80. The minimum absolute atomic E-state index is 0.0155. The minimum atomic E-state index is -0.237. The van der Waals surface area contributed by atoms with Gasteiger partial charge in [0.1, 0.15) is 11.5 Å². The van der Waals surface area contributed by atoms with Crippen LogP contribution in [0.3, 0.4) is 0 Å². The van der Waals surface area contributed by atoms with Crippen molar-refractivity contribution in [1.29, 1.82) is 0 Å². The Morgan fingerprint density at radius 2 is 1.74 bits per heavy atom. The minimum Gasteiger partial charge on any atom is -0.497 e. The van der Waals surface area contributed by atoms with E-state index in [9.17, 15) is 9.59 Å². The molecule has 1 N–H and O–H groups in total. The van der Waals surface area contributed by atoms with Gasteiger partial charge in [0, 0.05) is 24.7 Å². The van der Waals surface area contributed by atoms with Crippen LogP contribution in [0.1, 0.15) is 46.1 Å². The molecule has 2 aromatic rings. The molecule has 0 heterocycles. The highest BCUT2D eigenvalue weighted by Crippen LogP contribution is 2.24. The molecule has 0 aliphatic rings. The fourth-order valence-corrected chi connectivity index (χ4v) is 3.07. The van der Waals surface area contributed by atoms with E-state index in [0.717, 1.165) is 5.75 Å². The second-order valence-corrected chi connectivity index (χ2v) is 8.41. The van der Waals surface area contributed by atoms with E-state index in [2.05, 4.69) is 38.2 Å². The monoisotopic (exact) mass is 426 g/mol. The summed E-state index contributed by atoms with van der Waals surface area (Å²) < 4.78 is 10.9. The van der Waals surface area contributed by atoms with Crippen molar-refractivity contribution in [3.05, 3.63) is 54.1 Å². The highest BCUT2D eigenvalue weighted by molar-refractivity contribution is 5.94. The van der Waals surface area contributed by atoms with Crippen LogP contribution in [0.4, 0.5) is 5.69 Å². The molecule has 0 fully saturated rings. The number of amides is 2. The van der Waals surface area contributed by atoms with Gasteiger partial charge in [0.25, 0.3) is 0 Å². The maximum atomic E-state index is 12.5. The fourth-order valence-electron chi connectivity index (χ4n) is 3.07. The summed E-state index contributed by atoms with van der Waals surface area (Å²) in [6, 6.07) is 15.2. The third kappa shape index (κ3) is 7.96. The summed E-state index contributed by atoms with van der Waals surface area (Å²) in [5.41, 5.74) is 1.99. The third-order valence-corrected chi connectivity index (χ3v) is 4.95. The van der Waals surface area contributed by atoms with Crippen molar-refractivity contribution >= 4 is 17.5 Å². The molecule has 0 aliphatic carbocycles. The van der Waals surface area contributed by atoms with Gasteiger partial charge in [0.05, 0.1) is 20.3 Å². The van der Waals surface area contributed by atoms with Gasteiger partial charge < -0.3 is 19.7 Å². The number of nitrogens with zero attached hydrogens (tertiary/aromatic N) is 1. The van der Waals surface area contributed by atoms with Gasteiger partial charge in [-0.1, -0.05) is 39.0 Å². The van der Waals surface area contributed by atoms with Gasteiger partial charge in [0.15, 0.2) is 0 Å². The van der Waals surface area contributed by atoms with E-state index in [0.29, 0.717) is 37.4 Å². The largest absolute Gasteiger partial charge is 0.497 e. The molecule has 2 rings (SSSR count). The molecule has 0 aromatic heterocycles. The van der Waals surface area contributed by atoms with Gasteiger partial charge in [-0.2, -0.15) is 0 Å². The predicted molar refractivity (Wildman–Crippen MR) is 124 cm³/mol. The summed E-state index contributed by atoms with van der Waals surface area (Å²) in [7, 11) is 1.57. The Morgan fingerprint density at radius 3 is 2.35 bits per heavy atom. The second kappa shape index (κ2) is 11.4. The lowest BCUT2D eigenvalue weighted by Crippen LogP contribution is -2.37. The van der Waals surface area contributed by atoms with Crippen molar-refractivity contribution in [2.24, 2.45) is 0 Å². The standard InChI is InChI=1S/C25H34N2O4/c1-6-27(18-23(28)26-20-9-7-10-22(17-20)30-5)24(29)11-8-16-31-21-14-12-19(13-15-21)25(2,3)4/h7,9-10,12-15,17H,6,8,11,16,18H2,1-5H3,(H,26,28). The van der Waals surface area contributed by atoms with Crippen molar-refractivity contribution in [3.63, 3.8) is 0 Å². The number of anilines is 1. The summed E-state index contributed by atoms with van der Waals surface area (Å²) in [4.78, 5) is 26.4. The molecule has 0 unspecified atom stereocenters. The van der Waals surface area contributed by atoms with Crippen LogP contribution in [0.25, 0.3) is 0 Å². The van der Waals surface area contributed by atoms with Crippen molar-refractivity contribution in [1.82, 2.24) is 4.90 Å². The zero-order valence-electron chi connectivity index (χ0n) is 19.2. The molecule has 2 aromatic carbocycles. The summed E-state index contributed by atoms with van der Waals surface area (Å²) >= 11 is 0. The average Bonchev–Trinajstić information content (AvgIpc) is 2.74. The molecular formula is C25H34N2O4. The average molecular weight is 427 g/mol. The lowest BCUT2D eigenvalue weighted by molar-refractivity contribution is -0.134. The van der Waals surface area contributed by atoms with E-state index < -0.39 is 0 Å². The lowest BCUT2D eigenvalue weighted by Gasteiger charge is -2.21. The Morgan fingerprint density at radius 1 is 1.03 bits per heavy atom. The topological polar surface area (TPSA) is 67.9 Å². The molecule has 2 amide bonds. The van der Waals surface area contributed by atoms with Gasteiger partial charge in [-0.25, -0.2) is 0 Å². The Labute approximate surface area is 185 Å². The Balaban J connectivity index is 1.76. The first-order valence-electron chi connectivity index (χ1n) is 10.7. The van der Waals surface area contributed by atoms with E-state index in [1.807, 2.05) is 19.1 Å². The first kappa shape index (κ1) is 24.3. The van der Waals surface area contributed by atoms with Crippen LogP contribution in [0.15, 0.2) is 48.5 Å². The number of ether oxygens (including phenoxy) is 2. The van der Waals surface area contributed by atoms with E-state index in [1.165, 1.54) is 5.56 Å². The van der Waals surface area contributed by atoms with Gasteiger partial charge in [-0.05, 0) is 48.6 Å². The molecule has 0 saturated heterocycles. The van der Waals surface area contributed by atoms with Crippen LogP contribution in [-0.2, 0) is 15.0 Å². The van der Waals surface area contributed by atoms with Crippen molar-refractivity contribution < 1.29 is 19.1 Å². The normalized spacial score (nSPS) is 11.0. The van der Waals surface area contributed by atoms with Crippen LogP contribution in [0.2, 0.25) is 0 Å². The van der Waals surface area contributed by atoms with E-state index >= 15 is 0 Å². The SMILES string of the molecule is CCN(CC(=O)Nc1cccc(OC)c1)C(=O)CCCOc1ccc(C(C)(C)C)cc1. The molecule has 168 valence electrons. The zero-order valence-corrected chi connectivity index (χ0v) is 19.2. The quantitative estimate of drug-likeness (QED) is 0.562. The maximum Gasteiger partial charge on any atom is 0.243 e. The number of likely N-dealkylation sites (N-methyl/N-ethyl adjacent to an activating group) is 1. The van der Waals surface area contributed by atoms with E-state index in [1.54, 1.807) is 36.3 Å². The van der Waals surface area contributed by atoms with E-state index in [-0.39, 0.29) is 23.8 Å². The van der Waals surface area contributed by atoms with Gasteiger partial charge in [-0.15, -0.1) is 0 Å². The second-order valence-electron chi connectivity index (χ2n) is 8.41. The first-order chi connectivity index (χ1) is 14.7. The number of nitrogens with one attached hydrogen (secondary N) is 1. The smallest absolute Gasteiger partial charge is 0.243 e. The van der Waals surface area contributed by atoms with Gasteiger partial charge in [0.2, 0.25) is 11.8 Å². The first-order valence-corrected chi connectivity index (χ1v) is 10.7. The number of carbonyl (C=O) groups excluding carboxylic acids is 2. The predicted octanol–water partition coefficient (Wildman–Crippen LogP) is 4.64.